The molecule has 278 valence electrons. The number of hydrogen-bond donors (Lipinski definition) is 0. The average Bonchev–Trinajstić information content (AvgIpc) is 3.70. The third-order valence-corrected chi connectivity index (χ3v) is 14.1. The van der Waals surface area contributed by atoms with Crippen LogP contribution in [0.15, 0.2) is 231 Å². The maximum atomic E-state index is 2.48. The van der Waals surface area contributed by atoms with Gasteiger partial charge in [0.1, 0.15) is 0 Å². The minimum atomic E-state index is 0.0219. The summed E-state index contributed by atoms with van der Waals surface area (Å²) in [6.45, 7) is 0. The van der Waals surface area contributed by atoms with E-state index in [2.05, 4.69) is 240 Å². The molecule has 59 heavy (non-hydrogen) atoms. The molecule has 3 heteroatoms. The van der Waals surface area contributed by atoms with E-state index in [9.17, 15) is 0 Å². The maximum absolute atomic E-state index is 2.48. The van der Waals surface area contributed by atoms with Crippen LogP contribution in [0, 0.1) is 0 Å². The number of nitrogens with zero attached hydrogens (tertiary/aromatic N) is 2. The molecule has 2 nitrogen and oxygen atoms in total. The molecule has 0 N–H and O–H groups in total. The van der Waals surface area contributed by atoms with Crippen molar-refractivity contribution in [2.75, 3.05) is 9.80 Å². The molecule has 0 amide bonds. The average molecular weight is 818 g/mol. The second kappa shape index (κ2) is 15.0. The summed E-state index contributed by atoms with van der Waals surface area (Å²) in [4.78, 5) is 4.90. The van der Waals surface area contributed by atoms with Gasteiger partial charge in [0, 0.05) is 0 Å². The van der Waals surface area contributed by atoms with Crippen LogP contribution < -0.4 is 9.80 Å². The molecule has 0 saturated carbocycles. The molecule has 1 heterocycles. The van der Waals surface area contributed by atoms with E-state index in [1.165, 1.54) is 68.8 Å². The van der Waals surface area contributed by atoms with Crippen molar-refractivity contribution in [2.45, 2.75) is 0 Å². The summed E-state index contributed by atoms with van der Waals surface area (Å²) in [5.74, 6) is 0. The number of anilines is 6. The first-order valence-corrected chi connectivity index (χ1v) is 21.8. The van der Waals surface area contributed by atoms with Crippen molar-refractivity contribution < 1.29 is 0 Å². The molecule has 0 unspecified atom stereocenters. The normalized spacial score (nSPS) is 11.4. The van der Waals surface area contributed by atoms with E-state index < -0.39 is 0 Å². The van der Waals surface area contributed by atoms with Crippen molar-refractivity contribution >= 4 is 89.5 Å². The number of para-hydroxylation sites is 2. The van der Waals surface area contributed by atoms with Gasteiger partial charge in [-0.3, -0.25) is 0 Å². The fourth-order valence-corrected chi connectivity index (χ4v) is 11.4. The van der Waals surface area contributed by atoms with Gasteiger partial charge in [-0.25, -0.2) is 0 Å². The number of rotatable bonds is 8. The Kier molecular flexibility index (Phi) is 8.89. The third kappa shape index (κ3) is 6.38. The molecular formula is C56H38N2Se. The second-order valence-corrected chi connectivity index (χ2v) is 17.1. The van der Waals surface area contributed by atoms with Crippen molar-refractivity contribution in [1.29, 1.82) is 0 Å². The van der Waals surface area contributed by atoms with Crippen LogP contribution in [0.1, 0.15) is 0 Å². The fraction of sp³-hybridized carbons (Fsp3) is 0. The van der Waals surface area contributed by atoms with Gasteiger partial charge in [0.2, 0.25) is 0 Å². The molecule has 0 fully saturated rings. The Morgan fingerprint density at radius 1 is 0.271 bits per heavy atom. The van der Waals surface area contributed by atoms with E-state index in [0.717, 1.165) is 28.4 Å². The Bertz CT molecular complexity index is 3230. The van der Waals surface area contributed by atoms with Gasteiger partial charge in [0.15, 0.2) is 0 Å². The van der Waals surface area contributed by atoms with E-state index >= 15 is 0 Å². The molecule has 0 aliphatic rings. The standard InChI is InChI=1S/C56H38N2Se/c1-5-15-39(16-6-1)41-27-32-47(33-28-41)57(45-20-9-3-10-21-45)49-37-52-51-36-31-44-26-25-43-19-13-14-24-50(43)54(44)56(51)59-55(52)53(38-49)58(46-22-11-4-12-23-46)48-34-29-42(30-35-48)40-17-7-2-8-18-40/h1-38H. The molecule has 0 radical (unpaired) electrons. The third-order valence-electron chi connectivity index (χ3n) is 11.4. The van der Waals surface area contributed by atoms with Crippen LogP contribution in [0.4, 0.5) is 34.1 Å². The molecule has 0 aliphatic carbocycles. The summed E-state index contributed by atoms with van der Waals surface area (Å²) in [7, 11) is 0. The molecule has 0 bridgehead atoms. The second-order valence-electron chi connectivity index (χ2n) is 14.9. The first-order chi connectivity index (χ1) is 29.3. The van der Waals surface area contributed by atoms with Crippen LogP contribution in [0.25, 0.3) is 63.1 Å². The first-order valence-electron chi connectivity index (χ1n) is 20.1. The quantitative estimate of drug-likeness (QED) is 0.111. The first kappa shape index (κ1) is 35.0. The summed E-state index contributed by atoms with van der Waals surface area (Å²) in [5.41, 5.74) is 11.6. The van der Waals surface area contributed by atoms with Crippen LogP contribution in [0.3, 0.4) is 0 Å². The summed E-state index contributed by atoms with van der Waals surface area (Å²) in [6.07, 6.45) is 0. The van der Waals surface area contributed by atoms with E-state index in [-0.39, 0.29) is 14.5 Å². The molecule has 10 aromatic carbocycles. The van der Waals surface area contributed by atoms with Gasteiger partial charge in [-0.1, -0.05) is 6.07 Å². The van der Waals surface area contributed by atoms with Gasteiger partial charge < -0.3 is 0 Å². The van der Waals surface area contributed by atoms with Crippen molar-refractivity contribution in [3.05, 3.63) is 231 Å². The van der Waals surface area contributed by atoms with Crippen molar-refractivity contribution in [3.8, 4) is 22.3 Å². The van der Waals surface area contributed by atoms with E-state index in [4.69, 9.17) is 0 Å². The predicted octanol–water partition coefficient (Wildman–Crippen LogP) is 15.6. The van der Waals surface area contributed by atoms with Crippen LogP contribution in [-0.4, -0.2) is 14.5 Å². The van der Waals surface area contributed by atoms with Gasteiger partial charge in [-0.15, -0.1) is 0 Å². The molecule has 11 rings (SSSR count). The molecular weight excluding hydrogens is 780 g/mol. The van der Waals surface area contributed by atoms with Crippen LogP contribution in [0.2, 0.25) is 0 Å². The van der Waals surface area contributed by atoms with Gasteiger partial charge >= 0.3 is 346 Å². The van der Waals surface area contributed by atoms with E-state index in [1.807, 2.05) is 0 Å². The molecule has 0 atom stereocenters. The zero-order valence-corrected chi connectivity index (χ0v) is 34.0. The molecule has 0 saturated heterocycles. The molecule has 0 spiro atoms. The Balaban J connectivity index is 1.20. The SMILES string of the molecule is c1ccc(-c2ccc(N(c3ccccc3)c3cc(N(c4ccccc4)c4ccc(-c5ccccc5)cc4)c4[se]c5c(ccc6ccc7ccccc7c65)c4c3)cc2)cc1. The Morgan fingerprint density at radius 3 is 1.34 bits per heavy atom. The zero-order chi connectivity index (χ0) is 39.1. The summed E-state index contributed by atoms with van der Waals surface area (Å²) in [5, 5.41) is 7.88. The topological polar surface area (TPSA) is 6.48 Å². The van der Waals surface area contributed by atoms with E-state index in [1.54, 1.807) is 0 Å². The van der Waals surface area contributed by atoms with Gasteiger partial charge in [0.25, 0.3) is 0 Å². The van der Waals surface area contributed by atoms with Crippen LogP contribution >= 0.6 is 0 Å². The Morgan fingerprint density at radius 2 is 0.729 bits per heavy atom. The molecule has 0 aliphatic heterocycles. The predicted molar refractivity (Wildman–Crippen MR) is 254 cm³/mol. The van der Waals surface area contributed by atoms with Crippen LogP contribution in [0.5, 0.6) is 0 Å². The minimum absolute atomic E-state index is 0.0219. The summed E-state index contributed by atoms with van der Waals surface area (Å²) >= 11 is 0.0219. The number of hydrogen-bond acceptors (Lipinski definition) is 2. The monoisotopic (exact) mass is 818 g/mol. The van der Waals surface area contributed by atoms with Crippen molar-refractivity contribution in [3.63, 3.8) is 0 Å². The van der Waals surface area contributed by atoms with Crippen molar-refractivity contribution in [2.24, 2.45) is 0 Å². The van der Waals surface area contributed by atoms with Crippen LogP contribution in [-0.2, 0) is 0 Å². The Hall–Kier alpha value is -7.16. The van der Waals surface area contributed by atoms with E-state index in [0.29, 0.717) is 0 Å². The van der Waals surface area contributed by atoms with Gasteiger partial charge in [0.05, 0.1) is 0 Å². The molecule has 1 aromatic heterocycles. The van der Waals surface area contributed by atoms with Crippen molar-refractivity contribution in [1.82, 2.24) is 0 Å². The van der Waals surface area contributed by atoms with Gasteiger partial charge in [-0.05, 0) is 0 Å². The molecule has 11 aromatic rings. The number of fused-ring (bicyclic) bond motifs is 7. The Labute approximate surface area is 350 Å². The number of benzene rings is 10. The fourth-order valence-electron chi connectivity index (χ4n) is 8.58. The summed E-state index contributed by atoms with van der Waals surface area (Å²) < 4.78 is 2.84. The van der Waals surface area contributed by atoms with Gasteiger partial charge in [-0.2, -0.15) is 0 Å². The zero-order valence-electron chi connectivity index (χ0n) is 32.2. The summed E-state index contributed by atoms with van der Waals surface area (Å²) in [6, 6.07) is 84.0.